The Bertz CT molecular complexity index is 747. The zero-order chi connectivity index (χ0) is 20.1. The molecule has 1 fully saturated rings. The first-order valence-electron chi connectivity index (χ1n) is 10.1. The number of likely N-dealkylation sites (tertiary alicyclic amines) is 1. The van der Waals surface area contributed by atoms with Gasteiger partial charge < -0.3 is 14.4 Å². The van der Waals surface area contributed by atoms with Gasteiger partial charge in [0.1, 0.15) is 11.9 Å². The highest BCUT2D eigenvalue weighted by Crippen LogP contribution is 2.28. The lowest BCUT2D eigenvalue weighted by Crippen LogP contribution is -2.47. The van der Waals surface area contributed by atoms with Crippen LogP contribution in [0.25, 0.3) is 0 Å². The van der Waals surface area contributed by atoms with Gasteiger partial charge in [-0.2, -0.15) is 0 Å². The largest absolute Gasteiger partial charge is 0.497 e. The Morgan fingerprint density at radius 1 is 1.04 bits per heavy atom. The van der Waals surface area contributed by atoms with Crippen molar-refractivity contribution in [2.45, 2.75) is 57.2 Å². The summed E-state index contributed by atoms with van der Waals surface area (Å²) in [6, 6.07) is 18.7. The fraction of sp³-hybridized carbons (Fsp3) is 0.458. The van der Waals surface area contributed by atoms with Crippen molar-refractivity contribution in [2.24, 2.45) is 0 Å². The summed E-state index contributed by atoms with van der Waals surface area (Å²) < 4.78 is 11.3. The number of nitrogens with zero attached hydrogens (tertiary/aromatic N) is 1. The van der Waals surface area contributed by atoms with E-state index >= 15 is 0 Å². The molecule has 0 N–H and O–H groups in total. The van der Waals surface area contributed by atoms with E-state index in [1.807, 2.05) is 54.6 Å². The fourth-order valence-corrected chi connectivity index (χ4v) is 3.99. The zero-order valence-electron chi connectivity index (χ0n) is 17.3. The zero-order valence-corrected chi connectivity index (χ0v) is 17.3. The molecular formula is C24H31NO3. The Labute approximate surface area is 168 Å². The van der Waals surface area contributed by atoms with Crippen LogP contribution in [-0.2, 0) is 16.0 Å². The van der Waals surface area contributed by atoms with Crippen molar-refractivity contribution in [3.8, 4) is 5.75 Å². The average molecular weight is 382 g/mol. The number of hydrogen-bond donors (Lipinski definition) is 0. The predicted octanol–water partition coefficient (Wildman–Crippen LogP) is 4.44. The lowest BCUT2D eigenvalue weighted by Gasteiger charge is -2.40. The molecule has 2 aromatic carbocycles. The summed E-state index contributed by atoms with van der Waals surface area (Å²) in [7, 11) is 3.80. The van der Waals surface area contributed by atoms with Gasteiger partial charge in [0.25, 0.3) is 0 Å². The van der Waals surface area contributed by atoms with Crippen molar-refractivity contribution in [3.63, 3.8) is 0 Å². The molecule has 4 atom stereocenters. The van der Waals surface area contributed by atoms with Crippen LogP contribution in [-0.4, -0.2) is 43.2 Å². The second-order valence-electron chi connectivity index (χ2n) is 7.91. The van der Waals surface area contributed by atoms with Gasteiger partial charge in [0.15, 0.2) is 0 Å². The minimum absolute atomic E-state index is 0.0178. The van der Waals surface area contributed by atoms with E-state index in [-0.39, 0.29) is 18.0 Å². The van der Waals surface area contributed by atoms with Crippen molar-refractivity contribution in [1.82, 2.24) is 4.90 Å². The molecule has 1 unspecified atom stereocenters. The average Bonchev–Trinajstić information content (AvgIpc) is 2.71. The molecule has 0 saturated carbocycles. The van der Waals surface area contributed by atoms with Gasteiger partial charge in [-0.3, -0.25) is 4.79 Å². The Morgan fingerprint density at radius 3 is 2.21 bits per heavy atom. The lowest BCUT2D eigenvalue weighted by atomic mass is 9.91. The Hall–Kier alpha value is -2.33. The number of rotatable bonds is 6. The van der Waals surface area contributed by atoms with Gasteiger partial charge in [0.05, 0.1) is 13.0 Å². The summed E-state index contributed by atoms with van der Waals surface area (Å²) in [6.07, 6.45) is 2.37. The van der Waals surface area contributed by atoms with Crippen molar-refractivity contribution in [2.75, 3.05) is 14.2 Å². The molecule has 150 valence electrons. The minimum Gasteiger partial charge on any atom is -0.497 e. The third-order valence-corrected chi connectivity index (χ3v) is 5.97. The van der Waals surface area contributed by atoms with Gasteiger partial charge in [0, 0.05) is 12.1 Å². The highest BCUT2D eigenvalue weighted by Gasteiger charge is 2.32. The maximum absolute atomic E-state index is 13.2. The maximum Gasteiger partial charge on any atom is 0.314 e. The molecule has 3 rings (SSSR count). The topological polar surface area (TPSA) is 38.8 Å². The van der Waals surface area contributed by atoms with Crippen LogP contribution in [0, 0.1) is 0 Å². The first-order chi connectivity index (χ1) is 13.5. The normalized spacial score (nSPS) is 23.8. The fourth-order valence-electron chi connectivity index (χ4n) is 3.99. The molecule has 0 radical (unpaired) electrons. The number of carbonyl (C=O) groups excluding carboxylic acids is 1. The summed E-state index contributed by atoms with van der Waals surface area (Å²) in [6.45, 7) is 4.39. The van der Waals surface area contributed by atoms with Crippen molar-refractivity contribution < 1.29 is 14.3 Å². The maximum atomic E-state index is 13.2. The van der Waals surface area contributed by atoms with Crippen LogP contribution in [0.5, 0.6) is 5.75 Å². The highest BCUT2D eigenvalue weighted by atomic mass is 16.5. The Balaban J connectivity index is 1.75. The van der Waals surface area contributed by atoms with E-state index in [2.05, 4.69) is 25.8 Å². The van der Waals surface area contributed by atoms with Crippen LogP contribution in [0.3, 0.4) is 0 Å². The van der Waals surface area contributed by atoms with Crippen molar-refractivity contribution in [3.05, 3.63) is 65.7 Å². The van der Waals surface area contributed by atoms with Gasteiger partial charge in [0.2, 0.25) is 0 Å². The summed E-state index contributed by atoms with van der Waals surface area (Å²) in [4.78, 5) is 15.5. The van der Waals surface area contributed by atoms with Crippen LogP contribution in [0.15, 0.2) is 54.6 Å². The molecule has 28 heavy (non-hydrogen) atoms. The molecule has 1 saturated heterocycles. The van der Waals surface area contributed by atoms with Crippen LogP contribution in [0.2, 0.25) is 0 Å². The molecule has 1 heterocycles. The first kappa shape index (κ1) is 20.4. The van der Waals surface area contributed by atoms with E-state index in [0.29, 0.717) is 18.5 Å². The van der Waals surface area contributed by atoms with Crippen LogP contribution in [0.1, 0.15) is 43.7 Å². The van der Waals surface area contributed by atoms with Crippen molar-refractivity contribution >= 4 is 5.97 Å². The lowest BCUT2D eigenvalue weighted by molar-refractivity contribution is -0.155. The third kappa shape index (κ3) is 4.93. The van der Waals surface area contributed by atoms with Gasteiger partial charge in [-0.05, 0) is 63.4 Å². The molecule has 1 aliphatic rings. The molecule has 0 aliphatic carbocycles. The number of esters is 1. The molecule has 4 heteroatoms. The third-order valence-electron chi connectivity index (χ3n) is 5.97. The van der Waals surface area contributed by atoms with Gasteiger partial charge in [-0.25, -0.2) is 0 Å². The second kappa shape index (κ2) is 9.24. The van der Waals surface area contributed by atoms with Gasteiger partial charge in [-0.1, -0.05) is 42.5 Å². The van der Waals surface area contributed by atoms with Gasteiger partial charge >= 0.3 is 5.97 Å². The monoisotopic (exact) mass is 381 g/mol. The number of benzene rings is 2. The van der Waals surface area contributed by atoms with Crippen LogP contribution >= 0.6 is 0 Å². The number of methoxy groups -OCH3 is 1. The molecule has 0 aromatic heterocycles. The number of hydrogen-bond acceptors (Lipinski definition) is 4. The quantitative estimate of drug-likeness (QED) is 0.694. The van der Waals surface area contributed by atoms with E-state index in [9.17, 15) is 4.79 Å². The predicted molar refractivity (Wildman–Crippen MR) is 112 cm³/mol. The Kier molecular flexibility index (Phi) is 6.74. The molecule has 0 bridgehead atoms. The molecule has 4 nitrogen and oxygen atoms in total. The minimum atomic E-state index is -0.306. The highest BCUT2D eigenvalue weighted by molar-refractivity contribution is 5.78. The smallest absolute Gasteiger partial charge is 0.314 e. The molecule has 2 aromatic rings. The molecular weight excluding hydrogens is 350 g/mol. The summed E-state index contributed by atoms with van der Waals surface area (Å²) in [5.41, 5.74) is 2.09. The van der Waals surface area contributed by atoms with Crippen LogP contribution in [0.4, 0.5) is 0 Å². The van der Waals surface area contributed by atoms with E-state index in [4.69, 9.17) is 9.47 Å². The number of piperidine rings is 1. The summed E-state index contributed by atoms with van der Waals surface area (Å²) in [5.74, 6) is 0.382. The van der Waals surface area contributed by atoms with Crippen LogP contribution < -0.4 is 4.74 Å². The Morgan fingerprint density at radius 2 is 1.64 bits per heavy atom. The van der Waals surface area contributed by atoms with E-state index in [0.717, 1.165) is 29.7 Å². The number of ether oxygens (including phenoxy) is 2. The summed E-state index contributed by atoms with van der Waals surface area (Å²) >= 11 is 0. The molecule has 1 aliphatic heterocycles. The SMILES string of the molecule is COc1ccc(C[C@@H](C(=O)OC2C[C@@H](C)N(C)[C@@H](C)C2)c2ccccc2)cc1. The molecule has 0 spiro atoms. The van der Waals surface area contributed by atoms with Crippen molar-refractivity contribution in [1.29, 1.82) is 0 Å². The van der Waals surface area contributed by atoms with E-state index in [1.54, 1.807) is 7.11 Å². The number of carbonyl (C=O) groups is 1. The van der Waals surface area contributed by atoms with E-state index in [1.165, 1.54) is 0 Å². The standard InChI is InChI=1S/C24H31NO3/c1-17-14-22(15-18(2)25(17)3)28-24(26)23(20-8-6-5-7-9-20)16-19-10-12-21(27-4)13-11-19/h5-13,17-18,22-23H,14-16H2,1-4H3/t17-,18+,22?,23-/m1/s1. The van der Waals surface area contributed by atoms with E-state index < -0.39 is 0 Å². The van der Waals surface area contributed by atoms with Gasteiger partial charge in [-0.15, -0.1) is 0 Å². The molecule has 0 amide bonds. The summed E-state index contributed by atoms with van der Waals surface area (Å²) in [5, 5.41) is 0. The first-order valence-corrected chi connectivity index (χ1v) is 10.1. The second-order valence-corrected chi connectivity index (χ2v) is 7.91.